The van der Waals surface area contributed by atoms with Crippen molar-refractivity contribution in [2.24, 2.45) is 0 Å². The Balaban J connectivity index is 1.85. The summed E-state index contributed by atoms with van der Waals surface area (Å²) in [4.78, 5) is 80.8. The number of hydrogen-bond acceptors (Lipinski definition) is 12. The van der Waals surface area contributed by atoms with E-state index in [2.05, 4.69) is 56.8 Å². The third-order valence-electron chi connectivity index (χ3n) is 16.0. The van der Waals surface area contributed by atoms with Gasteiger partial charge in [-0.3, -0.25) is 19.2 Å². The molecule has 0 unspecified atom stereocenters. The van der Waals surface area contributed by atoms with Crippen molar-refractivity contribution >= 4 is 35.2 Å². The molecule has 95 heavy (non-hydrogen) atoms. The van der Waals surface area contributed by atoms with Gasteiger partial charge >= 0.3 is 0 Å². The summed E-state index contributed by atoms with van der Waals surface area (Å²) in [6.45, 7) is 6.97. The number of carbonyl (C=O) groups is 6. The Kier molecular flexibility index (Phi) is 38.8. The summed E-state index contributed by atoms with van der Waals surface area (Å²) >= 11 is 0. The van der Waals surface area contributed by atoms with E-state index in [1.54, 1.807) is 50.2 Å². The second-order valence-electron chi connectivity index (χ2n) is 24.2. The zero-order valence-corrected chi connectivity index (χ0v) is 56.7. The van der Waals surface area contributed by atoms with E-state index in [9.17, 15) is 19.2 Å². The number of nitrogens with one attached hydrogen (secondary N) is 4. The van der Waals surface area contributed by atoms with Gasteiger partial charge in [0.05, 0.1) is 39.6 Å². The first-order valence-corrected chi connectivity index (χ1v) is 34.2. The number of Topliss-reactive ketones (excluding diaryl/α,β-unsaturated/α-hetero) is 2. The molecule has 1 fully saturated rings. The van der Waals surface area contributed by atoms with Crippen LogP contribution in [0.4, 0.5) is 0 Å². The van der Waals surface area contributed by atoms with Crippen LogP contribution < -0.4 is 49.7 Å². The predicted octanol–water partition coefficient (Wildman–Crippen LogP) is 12.9. The number of ether oxygens (including phenoxy) is 6. The second kappa shape index (κ2) is 47.0. The molecule has 4 amide bonds. The van der Waals surface area contributed by atoms with Crippen LogP contribution in [0.5, 0.6) is 34.5 Å². The number of carbonyl (C=O) groups excluding carboxylic acids is 6. The lowest BCUT2D eigenvalue weighted by Crippen LogP contribution is -2.53. The minimum Gasteiger partial charge on any atom is -0.493 e. The van der Waals surface area contributed by atoms with Crippen LogP contribution in [-0.2, 0) is 33.6 Å². The molecule has 1 aliphatic rings. The maximum atomic E-state index is 15.0. The maximum Gasteiger partial charge on any atom is 0.251 e. The van der Waals surface area contributed by atoms with Gasteiger partial charge in [-0.15, -0.1) is 74.1 Å². The van der Waals surface area contributed by atoms with Crippen molar-refractivity contribution in [2.45, 2.75) is 232 Å². The van der Waals surface area contributed by atoms with E-state index in [0.29, 0.717) is 215 Å². The van der Waals surface area contributed by atoms with Gasteiger partial charge in [0.1, 0.15) is 46.1 Å². The zero-order chi connectivity index (χ0) is 68.8. The highest BCUT2D eigenvalue weighted by molar-refractivity contribution is 5.97. The quantitative estimate of drug-likeness (QED) is 0.0308. The summed E-state index contributed by atoms with van der Waals surface area (Å²) in [6.07, 6.45) is 51.0. The topological polar surface area (TPSA) is 206 Å². The number of ketones is 2. The minimum atomic E-state index is -0.610. The fourth-order valence-corrected chi connectivity index (χ4v) is 11.0. The average Bonchev–Trinajstić information content (AvgIpc) is 0.860. The minimum absolute atomic E-state index is 0.0955. The molecule has 1 saturated carbocycles. The molecule has 16 nitrogen and oxygen atoms in total. The van der Waals surface area contributed by atoms with Gasteiger partial charge in [0.25, 0.3) is 17.7 Å². The van der Waals surface area contributed by atoms with Crippen molar-refractivity contribution in [2.75, 3.05) is 46.2 Å². The summed E-state index contributed by atoms with van der Waals surface area (Å²) in [5.41, 5.74) is 3.12. The van der Waals surface area contributed by atoms with Gasteiger partial charge in [0.15, 0.2) is 0 Å². The van der Waals surface area contributed by atoms with Crippen molar-refractivity contribution in [3.8, 4) is 109 Å². The first-order chi connectivity index (χ1) is 46.1. The van der Waals surface area contributed by atoms with Crippen molar-refractivity contribution in [1.29, 1.82) is 0 Å². The predicted molar refractivity (Wildman–Crippen MR) is 375 cm³/mol. The Morgan fingerprint density at radius 1 is 0.358 bits per heavy atom. The number of rotatable bonds is 49. The molecule has 0 aliphatic heterocycles. The van der Waals surface area contributed by atoms with E-state index in [-0.39, 0.29) is 60.0 Å². The summed E-state index contributed by atoms with van der Waals surface area (Å²) in [7, 11) is 0. The van der Waals surface area contributed by atoms with E-state index >= 15 is 9.59 Å². The van der Waals surface area contributed by atoms with E-state index in [0.717, 1.165) is 48.8 Å². The number of terminal acetylenes is 6. The largest absolute Gasteiger partial charge is 0.493 e. The molecular formula is C79H102N4O12. The van der Waals surface area contributed by atoms with Crippen LogP contribution in [0.15, 0.2) is 36.4 Å². The molecular weight excluding hydrogens is 1200 g/mol. The van der Waals surface area contributed by atoms with Crippen LogP contribution in [0.2, 0.25) is 0 Å². The third kappa shape index (κ3) is 31.2. The highest BCUT2D eigenvalue weighted by Gasteiger charge is 2.34. The molecule has 0 heterocycles. The van der Waals surface area contributed by atoms with Gasteiger partial charge in [-0.25, -0.2) is 0 Å². The lowest BCUT2D eigenvalue weighted by Gasteiger charge is -2.36. The maximum absolute atomic E-state index is 15.0. The molecule has 0 spiro atoms. The Morgan fingerprint density at radius 2 is 0.611 bits per heavy atom. The first-order valence-electron chi connectivity index (χ1n) is 34.2. The molecule has 16 heteroatoms. The van der Waals surface area contributed by atoms with Crippen molar-refractivity contribution in [1.82, 2.24) is 21.3 Å². The molecule has 4 rings (SSSR count). The van der Waals surface area contributed by atoms with Gasteiger partial charge in [0.2, 0.25) is 5.91 Å². The second-order valence-corrected chi connectivity index (χ2v) is 24.2. The fourth-order valence-electron chi connectivity index (χ4n) is 11.0. The van der Waals surface area contributed by atoms with Crippen LogP contribution in [0, 0.1) is 74.1 Å². The average molecular weight is 1300 g/mol. The molecule has 0 aromatic heterocycles. The molecule has 0 radical (unpaired) electrons. The van der Waals surface area contributed by atoms with E-state index in [4.69, 9.17) is 67.0 Å². The van der Waals surface area contributed by atoms with Crippen molar-refractivity contribution < 1.29 is 57.2 Å². The molecule has 0 saturated heterocycles. The van der Waals surface area contributed by atoms with Gasteiger partial charge in [-0.2, -0.15) is 0 Å². The van der Waals surface area contributed by atoms with Crippen molar-refractivity contribution in [3.05, 3.63) is 69.8 Å². The molecule has 4 N–H and O–H groups in total. The number of benzene rings is 3. The Labute approximate surface area is 567 Å². The van der Waals surface area contributed by atoms with E-state index < -0.39 is 35.8 Å². The highest BCUT2D eigenvalue weighted by atomic mass is 16.5. The van der Waals surface area contributed by atoms with E-state index in [1.807, 2.05) is 0 Å². The lowest BCUT2D eigenvalue weighted by molar-refractivity contribution is -0.119. The Bertz CT molecular complexity index is 2960. The van der Waals surface area contributed by atoms with Gasteiger partial charge < -0.3 is 59.3 Å². The highest BCUT2D eigenvalue weighted by Crippen LogP contribution is 2.37. The first kappa shape index (κ1) is 78.5. The molecule has 0 bridgehead atoms. The number of amides is 4. The fraction of sp³-hybridized carbons (Fsp3) is 0.544. The van der Waals surface area contributed by atoms with Gasteiger partial charge in [-0.1, -0.05) is 0 Å². The van der Waals surface area contributed by atoms with Crippen molar-refractivity contribution in [3.63, 3.8) is 0 Å². The third-order valence-corrected chi connectivity index (χ3v) is 16.0. The lowest BCUT2D eigenvalue weighted by atomic mass is 9.86. The zero-order valence-electron chi connectivity index (χ0n) is 56.7. The normalized spacial score (nSPS) is 13.8. The Hall–Kier alpha value is -8.96. The summed E-state index contributed by atoms with van der Waals surface area (Å²) in [5, 5.41) is 12.7. The van der Waals surface area contributed by atoms with Crippen LogP contribution in [-0.4, -0.2) is 99.5 Å². The standard InChI is InChI=1S/C79H102N4O12/c1-10-16-22-32-45-91-72-51-62(50-71(90-44-31-21-15-6)68(72)40-29-27-38-59(7)84)77(87)81-65-56-66(82-78(88)63-52-73(92-46-33-23-17-11-2)69(41-30-28-39-60(8)85)74(53-63)93-47-34-24-18-12-3)58-67(57-65)83-79(89)64-54-75(94-48-35-25-19-13-4)70(42-37-43-80-61(9)86)76(55-64)95-49-36-26-20-14-5/h1-6,50-55,65-67H,16-49,56-58H2,7-9H3,(H,80,86)(H,81,87)(H,82,88)(H,83,89)/t65-,66+,67-/m1/s1. The summed E-state index contributed by atoms with van der Waals surface area (Å²) < 4.78 is 38.8. The van der Waals surface area contributed by atoms with Crippen LogP contribution in [0.25, 0.3) is 0 Å². The van der Waals surface area contributed by atoms with Gasteiger partial charge in [0, 0.05) is 116 Å². The summed E-state index contributed by atoms with van der Waals surface area (Å²) in [5.74, 6) is 17.6. The molecule has 1 aliphatic carbocycles. The molecule has 510 valence electrons. The molecule has 3 aromatic carbocycles. The number of hydrogen-bond donors (Lipinski definition) is 4. The smallest absolute Gasteiger partial charge is 0.251 e. The Morgan fingerprint density at radius 3 is 0.863 bits per heavy atom. The SMILES string of the molecule is C#CCCCCOc1cc(C(=O)N[C@@H]2C[C@H](NC(=O)c3cc(OCCCCC#C)c(CCCCC(C)=O)c(OCCCCC#C)c3)C[C@H](NC(=O)c3cc(OCCCCC#C)c(CCCNC(C)=O)c(OCCCCC#C)c3)C2)cc(OCCCC#C)c1CCCCC(C)=O. The summed E-state index contributed by atoms with van der Waals surface area (Å²) in [6, 6.07) is 8.47. The van der Waals surface area contributed by atoms with Gasteiger partial charge in [-0.05, 0) is 192 Å². The molecule has 3 atom stereocenters. The monoisotopic (exact) mass is 1300 g/mol. The molecule has 3 aromatic rings. The van der Waals surface area contributed by atoms with E-state index in [1.165, 1.54) is 6.92 Å². The van der Waals surface area contributed by atoms with Crippen LogP contribution in [0.1, 0.15) is 242 Å². The van der Waals surface area contributed by atoms with Crippen LogP contribution >= 0.6 is 0 Å². The number of unbranched alkanes of at least 4 members (excludes halogenated alkanes) is 13. The van der Waals surface area contributed by atoms with Crippen LogP contribution in [0.3, 0.4) is 0 Å².